The number of carbonyl (C=O) groups excluding carboxylic acids is 1. The zero-order valence-corrected chi connectivity index (χ0v) is 25.3. The third-order valence-electron chi connectivity index (χ3n) is 8.37. The molecule has 0 aliphatic carbocycles. The van der Waals surface area contributed by atoms with E-state index in [9.17, 15) is 4.79 Å². The van der Waals surface area contributed by atoms with Crippen LogP contribution in [0, 0.1) is 0 Å². The summed E-state index contributed by atoms with van der Waals surface area (Å²) >= 11 is 0. The molecule has 0 saturated carbocycles. The van der Waals surface area contributed by atoms with Crippen LogP contribution in [-0.2, 0) is 19.5 Å². The Hall–Kier alpha value is -2.99. The lowest BCUT2D eigenvalue weighted by molar-refractivity contribution is -0.139. The number of ether oxygens (including phenoxy) is 1. The Morgan fingerprint density at radius 2 is 1.33 bits per heavy atom. The van der Waals surface area contributed by atoms with Crippen LogP contribution in [0.1, 0.15) is 50.8 Å². The molecule has 0 amide bonds. The van der Waals surface area contributed by atoms with Crippen LogP contribution in [0.25, 0.3) is 0 Å². The zero-order valence-electron chi connectivity index (χ0n) is 24.3. The predicted molar refractivity (Wildman–Crippen MR) is 162 cm³/mol. The van der Waals surface area contributed by atoms with Crippen LogP contribution >= 0.6 is 0 Å². The van der Waals surface area contributed by atoms with Gasteiger partial charge in [-0.1, -0.05) is 112 Å². The van der Waals surface area contributed by atoms with Crippen molar-refractivity contribution < 1.29 is 14.0 Å². The second-order valence-corrected chi connectivity index (χ2v) is 16.7. The van der Waals surface area contributed by atoms with Gasteiger partial charge in [-0.3, -0.25) is 9.69 Å². The van der Waals surface area contributed by atoms with Crippen LogP contribution in [0.15, 0.2) is 103 Å². The van der Waals surface area contributed by atoms with Gasteiger partial charge in [-0.05, 0) is 52.9 Å². The molecule has 1 aliphatic rings. The fourth-order valence-electron chi connectivity index (χ4n) is 5.36. The monoisotopic (exact) mass is 541 g/mol. The van der Waals surface area contributed by atoms with Gasteiger partial charge in [0, 0.05) is 20.0 Å². The summed E-state index contributed by atoms with van der Waals surface area (Å²) in [5, 5.41) is 0.104. The van der Waals surface area contributed by atoms with E-state index in [0.717, 1.165) is 13.0 Å². The van der Waals surface area contributed by atoms with Gasteiger partial charge in [-0.2, -0.15) is 0 Å². The molecule has 1 fully saturated rings. The molecule has 3 aromatic rings. The first-order valence-electron chi connectivity index (χ1n) is 14.0. The fourth-order valence-corrected chi connectivity index (χ4v) is 6.69. The molecule has 4 rings (SSSR count). The number of benzene rings is 3. The molecule has 39 heavy (non-hydrogen) atoms. The van der Waals surface area contributed by atoms with E-state index in [4.69, 9.17) is 9.16 Å². The molecular formula is C34H43NO3Si. The minimum atomic E-state index is -2.02. The van der Waals surface area contributed by atoms with E-state index in [0.29, 0.717) is 6.54 Å². The third-order valence-corrected chi connectivity index (χ3v) is 12.9. The van der Waals surface area contributed by atoms with Gasteiger partial charge in [0.25, 0.3) is 0 Å². The Morgan fingerprint density at radius 1 is 0.872 bits per heavy atom. The predicted octanol–water partition coefficient (Wildman–Crippen LogP) is 7.56. The lowest BCUT2D eigenvalue weighted by Gasteiger charge is -2.50. The van der Waals surface area contributed by atoms with Crippen molar-refractivity contribution in [3.05, 3.63) is 119 Å². The van der Waals surface area contributed by atoms with Gasteiger partial charge in [0.1, 0.15) is 6.61 Å². The van der Waals surface area contributed by atoms with Crippen LogP contribution in [0.4, 0.5) is 0 Å². The lowest BCUT2D eigenvalue weighted by atomic mass is 9.74. The summed E-state index contributed by atoms with van der Waals surface area (Å²) in [5.74, 6) is -0.270. The van der Waals surface area contributed by atoms with Gasteiger partial charge in [-0.15, -0.1) is 0 Å². The molecule has 206 valence electrons. The van der Waals surface area contributed by atoms with Gasteiger partial charge in [0.15, 0.2) is 8.32 Å². The topological polar surface area (TPSA) is 38.8 Å². The molecule has 3 aromatic carbocycles. The fraction of sp³-hybridized carbons (Fsp3) is 0.382. The van der Waals surface area contributed by atoms with Crippen molar-refractivity contribution in [1.82, 2.24) is 4.90 Å². The smallest absolute Gasteiger partial charge is 0.302 e. The highest BCUT2D eigenvalue weighted by Crippen LogP contribution is 2.45. The standard InChI is InChI=1S/C34H43NO3Si/c1-27(36)37-25-23-28-26-35(24-22-32(28)38-39(5,6)33(2,3)4)34(29-16-10-7-11-17-29,30-18-12-8-13-19-30)31-20-14-9-15-21-31/h7-21,23,32H,22,24-26H2,1-6H3/b28-23+. The van der Waals surface area contributed by atoms with Crippen LogP contribution in [0.3, 0.4) is 0 Å². The maximum absolute atomic E-state index is 11.6. The molecule has 1 aliphatic heterocycles. The van der Waals surface area contributed by atoms with E-state index in [-0.39, 0.29) is 23.7 Å². The Kier molecular flexibility index (Phi) is 8.95. The van der Waals surface area contributed by atoms with Crippen molar-refractivity contribution in [2.24, 2.45) is 0 Å². The van der Waals surface area contributed by atoms with E-state index in [2.05, 4.69) is 136 Å². The van der Waals surface area contributed by atoms with E-state index >= 15 is 0 Å². The summed E-state index contributed by atoms with van der Waals surface area (Å²) in [4.78, 5) is 14.2. The molecular weight excluding hydrogens is 498 g/mol. The van der Waals surface area contributed by atoms with Crippen LogP contribution < -0.4 is 0 Å². The lowest BCUT2D eigenvalue weighted by Crippen LogP contribution is -2.55. The average Bonchev–Trinajstić information content (AvgIpc) is 2.91. The SMILES string of the molecule is CC(=O)OC/C=C1\CN(C(c2ccccc2)(c2ccccc2)c2ccccc2)CCC1O[Si](C)(C)C(C)(C)C. The first-order chi connectivity index (χ1) is 18.6. The van der Waals surface area contributed by atoms with Crippen molar-refractivity contribution >= 4 is 14.3 Å². The van der Waals surface area contributed by atoms with Crippen LogP contribution in [0.5, 0.6) is 0 Å². The molecule has 0 radical (unpaired) electrons. The summed E-state index contributed by atoms with van der Waals surface area (Å²) in [6, 6.07) is 32.4. The third kappa shape index (κ3) is 6.27. The summed E-state index contributed by atoms with van der Waals surface area (Å²) in [6.45, 7) is 14.7. The molecule has 1 heterocycles. The summed E-state index contributed by atoms with van der Waals surface area (Å²) in [6.07, 6.45) is 2.95. The number of rotatable bonds is 8. The van der Waals surface area contributed by atoms with Crippen molar-refractivity contribution in [2.75, 3.05) is 19.7 Å². The molecule has 5 heteroatoms. The van der Waals surface area contributed by atoms with Crippen LogP contribution in [-0.4, -0.2) is 45.0 Å². The minimum Gasteiger partial charge on any atom is -0.462 e. The number of carbonyl (C=O) groups is 1. The molecule has 0 aromatic heterocycles. The molecule has 1 unspecified atom stereocenters. The zero-order chi connectivity index (χ0) is 28.1. The van der Waals surface area contributed by atoms with E-state index in [1.54, 1.807) is 0 Å². The Balaban J connectivity index is 1.84. The number of esters is 1. The molecule has 4 nitrogen and oxygen atoms in total. The van der Waals surface area contributed by atoms with Gasteiger partial charge in [0.2, 0.25) is 0 Å². The van der Waals surface area contributed by atoms with Crippen molar-refractivity contribution in [3.63, 3.8) is 0 Å². The Labute approximate surface area is 235 Å². The molecule has 0 bridgehead atoms. The van der Waals surface area contributed by atoms with Crippen molar-refractivity contribution in [3.8, 4) is 0 Å². The van der Waals surface area contributed by atoms with E-state index in [1.807, 2.05) is 0 Å². The van der Waals surface area contributed by atoms with Gasteiger partial charge < -0.3 is 9.16 Å². The van der Waals surface area contributed by atoms with Gasteiger partial charge in [-0.25, -0.2) is 0 Å². The highest BCUT2D eigenvalue weighted by atomic mass is 28.4. The maximum Gasteiger partial charge on any atom is 0.302 e. The van der Waals surface area contributed by atoms with E-state index in [1.165, 1.54) is 29.2 Å². The quantitative estimate of drug-likeness (QED) is 0.128. The number of nitrogens with zero attached hydrogens (tertiary/aromatic N) is 1. The Bertz CT molecular complexity index is 1150. The molecule has 1 saturated heterocycles. The van der Waals surface area contributed by atoms with Crippen LogP contribution in [0.2, 0.25) is 18.1 Å². The number of piperidine rings is 1. The minimum absolute atomic E-state index is 0.00211. The highest BCUT2D eigenvalue weighted by Gasteiger charge is 2.46. The number of hydrogen-bond donors (Lipinski definition) is 0. The van der Waals surface area contributed by atoms with E-state index < -0.39 is 13.9 Å². The number of likely N-dealkylation sites (tertiary alicyclic amines) is 1. The van der Waals surface area contributed by atoms with Crippen molar-refractivity contribution in [1.29, 1.82) is 0 Å². The number of hydrogen-bond acceptors (Lipinski definition) is 4. The summed E-state index contributed by atoms with van der Waals surface area (Å²) < 4.78 is 12.4. The first kappa shape index (κ1) is 29.0. The second-order valence-electron chi connectivity index (χ2n) is 12.0. The van der Waals surface area contributed by atoms with Gasteiger partial charge in [0.05, 0.1) is 11.6 Å². The van der Waals surface area contributed by atoms with Crippen molar-refractivity contribution in [2.45, 2.75) is 63.9 Å². The summed E-state index contributed by atoms with van der Waals surface area (Å²) in [5.41, 5.74) is 4.37. The Morgan fingerprint density at radius 3 is 1.74 bits per heavy atom. The molecule has 0 N–H and O–H groups in total. The molecule has 0 spiro atoms. The summed E-state index contributed by atoms with van der Waals surface area (Å²) in [7, 11) is -2.02. The van der Waals surface area contributed by atoms with Gasteiger partial charge >= 0.3 is 5.97 Å². The second kappa shape index (κ2) is 12.0. The average molecular weight is 542 g/mol. The molecule has 1 atom stereocenters. The highest BCUT2D eigenvalue weighted by molar-refractivity contribution is 6.74. The normalized spacial score (nSPS) is 18.2. The first-order valence-corrected chi connectivity index (χ1v) is 16.9. The maximum atomic E-state index is 11.6. The largest absolute Gasteiger partial charge is 0.462 e.